The predicted octanol–water partition coefficient (Wildman–Crippen LogP) is 2.12. The van der Waals surface area contributed by atoms with Crippen LogP contribution in [0.5, 0.6) is 0 Å². The SMILES string of the molecule is NC(=Nc1ccccc1)N1CCCCC1. The maximum absolute atomic E-state index is 5.96. The van der Waals surface area contributed by atoms with Gasteiger partial charge in [-0.1, -0.05) is 18.2 Å². The van der Waals surface area contributed by atoms with Gasteiger partial charge in [-0.2, -0.15) is 0 Å². The van der Waals surface area contributed by atoms with Crippen molar-refractivity contribution in [3.05, 3.63) is 30.3 Å². The highest BCUT2D eigenvalue weighted by molar-refractivity contribution is 5.81. The number of rotatable bonds is 1. The Labute approximate surface area is 90.6 Å². The largest absolute Gasteiger partial charge is 0.369 e. The molecule has 0 radical (unpaired) electrons. The number of hydrogen-bond donors (Lipinski definition) is 1. The van der Waals surface area contributed by atoms with Gasteiger partial charge in [0, 0.05) is 13.1 Å². The van der Waals surface area contributed by atoms with E-state index in [0.717, 1.165) is 18.8 Å². The van der Waals surface area contributed by atoms with E-state index in [1.807, 2.05) is 30.3 Å². The van der Waals surface area contributed by atoms with Gasteiger partial charge in [0.2, 0.25) is 0 Å². The minimum absolute atomic E-state index is 0.654. The second-order valence-electron chi connectivity index (χ2n) is 3.85. The standard InChI is InChI=1S/C12H17N3/c13-12(15-9-5-2-6-10-15)14-11-7-3-1-4-8-11/h1,3-4,7-8H,2,5-6,9-10H2,(H2,13,14). The number of para-hydroxylation sites is 1. The molecule has 0 aromatic heterocycles. The van der Waals surface area contributed by atoms with Crippen LogP contribution in [0.3, 0.4) is 0 Å². The van der Waals surface area contributed by atoms with Crippen molar-refractivity contribution in [3.8, 4) is 0 Å². The first-order valence-electron chi connectivity index (χ1n) is 5.50. The minimum atomic E-state index is 0.654. The van der Waals surface area contributed by atoms with Gasteiger partial charge in [-0.05, 0) is 31.4 Å². The summed E-state index contributed by atoms with van der Waals surface area (Å²) in [7, 11) is 0. The van der Waals surface area contributed by atoms with Crippen LogP contribution in [-0.2, 0) is 0 Å². The summed E-state index contributed by atoms with van der Waals surface area (Å²) in [6, 6.07) is 9.87. The van der Waals surface area contributed by atoms with Crippen LogP contribution >= 0.6 is 0 Å². The van der Waals surface area contributed by atoms with Gasteiger partial charge in [-0.15, -0.1) is 0 Å². The zero-order valence-electron chi connectivity index (χ0n) is 8.89. The molecule has 3 heteroatoms. The summed E-state index contributed by atoms with van der Waals surface area (Å²) in [5.74, 6) is 0.654. The van der Waals surface area contributed by atoms with Crippen LogP contribution in [0.15, 0.2) is 35.3 Å². The quantitative estimate of drug-likeness (QED) is 0.561. The van der Waals surface area contributed by atoms with Gasteiger partial charge in [0.15, 0.2) is 5.96 Å². The third-order valence-electron chi connectivity index (χ3n) is 2.68. The Hall–Kier alpha value is -1.51. The second kappa shape index (κ2) is 4.82. The fourth-order valence-corrected chi connectivity index (χ4v) is 1.83. The van der Waals surface area contributed by atoms with Crippen LogP contribution in [0.4, 0.5) is 5.69 Å². The molecule has 0 saturated carbocycles. The van der Waals surface area contributed by atoms with Crippen molar-refractivity contribution in [2.24, 2.45) is 10.7 Å². The molecule has 0 unspecified atom stereocenters. The highest BCUT2D eigenvalue weighted by Gasteiger charge is 2.11. The normalized spacial score (nSPS) is 17.9. The summed E-state index contributed by atoms with van der Waals surface area (Å²) in [4.78, 5) is 6.57. The average molecular weight is 203 g/mol. The Kier molecular flexibility index (Phi) is 3.22. The zero-order valence-corrected chi connectivity index (χ0v) is 8.89. The fourth-order valence-electron chi connectivity index (χ4n) is 1.83. The number of likely N-dealkylation sites (tertiary alicyclic amines) is 1. The molecule has 1 aliphatic heterocycles. The van der Waals surface area contributed by atoms with Gasteiger partial charge < -0.3 is 10.6 Å². The third-order valence-corrected chi connectivity index (χ3v) is 2.68. The first kappa shape index (κ1) is 10.0. The number of guanidine groups is 1. The fraction of sp³-hybridized carbons (Fsp3) is 0.417. The van der Waals surface area contributed by atoms with Crippen molar-refractivity contribution in [3.63, 3.8) is 0 Å². The lowest BCUT2D eigenvalue weighted by Gasteiger charge is -2.27. The van der Waals surface area contributed by atoms with Gasteiger partial charge in [0.05, 0.1) is 5.69 Å². The molecular formula is C12H17N3. The number of benzene rings is 1. The molecule has 1 aromatic carbocycles. The van der Waals surface area contributed by atoms with E-state index in [0.29, 0.717) is 5.96 Å². The molecule has 15 heavy (non-hydrogen) atoms. The molecule has 3 nitrogen and oxygen atoms in total. The minimum Gasteiger partial charge on any atom is -0.369 e. The second-order valence-corrected chi connectivity index (χ2v) is 3.85. The predicted molar refractivity (Wildman–Crippen MR) is 63.1 cm³/mol. The van der Waals surface area contributed by atoms with E-state index in [1.165, 1.54) is 19.3 Å². The molecule has 1 aliphatic rings. The number of hydrogen-bond acceptors (Lipinski definition) is 1. The first-order chi connectivity index (χ1) is 7.36. The summed E-state index contributed by atoms with van der Waals surface area (Å²) >= 11 is 0. The lowest BCUT2D eigenvalue weighted by atomic mass is 10.1. The Morgan fingerprint density at radius 1 is 1.07 bits per heavy atom. The van der Waals surface area contributed by atoms with Gasteiger partial charge in [0.1, 0.15) is 0 Å². The lowest BCUT2D eigenvalue weighted by Crippen LogP contribution is -2.40. The highest BCUT2D eigenvalue weighted by Crippen LogP contribution is 2.12. The summed E-state index contributed by atoms with van der Waals surface area (Å²) in [5, 5.41) is 0. The summed E-state index contributed by atoms with van der Waals surface area (Å²) < 4.78 is 0. The molecule has 0 spiro atoms. The van der Waals surface area contributed by atoms with Crippen molar-refractivity contribution < 1.29 is 0 Å². The Morgan fingerprint density at radius 3 is 2.40 bits per heavy atom. The molecule has 1 heterocycles. The summed E-state index contributed by atoms with van der Waals surface area (Å²) in [5.41, 5.74) is 6.89. The van der Waals surface area contributed by atoms with Gasteiger partial charge in [-0.3, -0.25) is 0 Å². The number of piperidine rings is 1. The number of nitrogens with two attached hydrogens (primary N) is 1. The molecule has 0 amide bonds. The summed E-state index contributed by atoms with van der Waals surface area (Å²) in [6.45, 7) is 2.09. The van der Waals surface area contributed by atoms with E-state index in [4.69, 9.17) is 5.73 Å². The van der Waals surface area contributed by atoms with Crippen molar-refractivity contribution in [2.45, 2.75) is 19.3 Å². The smallest absolute Gasteiger partial charge is 0.196 e. The molecule has 1 aromatic rings. The topological polar surface area (TPSA) is 41.6 Å². The van der Waals surface area contributed by atoms with Gasteiger partial charge in [-0.25, -0.2) is 4.99 Å². The molecule has 2 N–H and O–H groups in total. The monoisotopic (exact) mass is 203 g/mol. The van der Waals surface area contributed by atoms with Gasteiger partial charge in [0.25, 0.3) is 0 Å². The molecule has 0 bridgehead atoms. The Balaban J connectivity index is 2.06. The molecular weight excluding hydrogens is 186 g/mol. The van der Waals surface area contributed by atoms with Crippen LogP contribution in [-0.4, -0.2) is 23.9 Å². The van der Waals surface area contributed by atoms with Crippen molar-refractivity contribution >= 4 is 11.6 Å². The molecule has 0 atom stereocenters. The Morgan fingerprint density at radius 2 is 1.73 bits per heavy atom. The molecule has 80 valence electrons. The van der Waals surface area contributed by atoms with Crippen molar-refractivity contribution in [1.29, 1.82) is 0 Å². The van der Waals surface area contributed by atoms with Crippen molar-refractivity contribution in [2.75, 3.05) is 13.1 Å². The van der Waals surface area contributed by atoms with E-state index in [2.05, 4.69) is 9.89 Å². The lowest BCUT2D eigenvalue weighted by molar-refractivity contribution is 0.339. The maximum atomic E-state index is 5.96. The molecule has 1 fully saturated rings. The Bertz CT molecular complexity index is 326. The average Bonchev–Trinajstić information content (AvgIpc) is 2.31. The van der Waals surface area contributed by atoms with Crippen LogP contribution in [0, 0.1) is 0 Å². The van der Waals surface area contributed by atoms with E-state index < -0.39 is 0 Å². The van der Waals surface area contributed by atoms with E-state index in [1.54, 1.807) is 0 Å². The van der Waals surface area contributed by atoms with Gasteiger partial charge >= 0.3 is 0 Å². The molecule has 0 aliphatic carbocycles. The van der Waals surface area contributed by atoms with Crippen molar-refractivity contribution in [1.82, 2.24) is 4.90 Å². The van der Waals surface area contributed by atoms with Crippen LogP contribution in [0.25, 0.3) is 0 Å². The van der Waals surface area contributed by atoms with Crippen LogP contribution in [0.2, 0.25) is 0 Å². The van der Waals surface area contributed by atoms with E-state index in [9.17, 15) is 0 Å². The molecule has 1 saturated heterocycles. The first-order valence-corrected chi connectivity index (χ1v) is 5.50. The molecule has 2 rings (SSSR count). The van der Waals surface area contributed by atoms with Crippen LogP contribution < -0.4 is 5.73 Å². The summed E-state index contributed by atoms with van der Waals surface area (Å²) in [6.07, 6.45) is 3.77. The van der Waals surface area contributed by atoms with E-state index in [-0.39, 0.29) is 0 Å². The number of nitrogens with zero attached hydrogens (tertiary/aromatic N) is 2. The highest BCUT2D eigenvalue weighted by atomic mass is 15.2. The number of aliphatic imine (C=N–C) groups is 1. The third kappa shape index (κ3) is 2.72. The zero-order chi connectivity index (χ0) is 10.5. The van der Waals surface area contributed by atoms with Crippen LogP contribution in [0.1, 0.15) is 19.3 Å². The maximum Gasteiger partial charge on any atom is 0.196 e. The van der Waals surface area contributed by atoms with E-state index >= 15 is 0 Å².